The molecule has 5 nitrogen and oxygen atoms in total. The van der Waals surface area contributed by atoms with E-state index in [0.717, 1.165) is 60.2 Å². The summed E-state index contributed by atoms with van der Waals surface area (Å²) in [6.07, 6.45) is 5.99. The highest BCUT2D eigenvalue weighted by molar-refractivity contribution is 5.94. The second-order valence-electron chi connectivity index (χ2n) is 8.37. The molecule has 1 fully saturated rings. The Hall–Kier alpha value is -2.79. The zero-order valence-corrected chi connectivity index (χ0v) is 18.2. The van der Waals surface area contributed by atoms with Crippen molar-refractivity contribution in [1.29, 1.82) is 0 Å². The predicted octanol–water partition coefficient (Wildman–Crippen LogP) is 5.25. The highest BCUT2D eigenvalue weighted by Crippen LogP contribution is 2.36. The third-order valence-electron chi connectivity index (χ3n) is 5.83. The molecule has 1 heterocycles. The van der Waals surface area contributed by atoms with Crippen molar-refractivity contribution in [2.45, 2.75) is 32.6 Å². The Morgan fingerprint density at radius 1 is 1.06 bits per heavy atom. The third kappa shape index (κ3) is 5.67. The Kier molecular flexibility index (Phi) is 6.92. The van der Waals surface area contributed by atoms with E-state index >= 15 is 0 Å². The van der Waals surface area contributed by atoms with Crippen LogP contribution in [0.15, 0.2) is 48.0 Å². The number of hydrogen-bond donors (Lipinski definition) is 1. The molecule has 164 valence electrons. The number of carbonyl (C=O) groups is 1. The summed E-state index contributed by atoms with van der Waals surface area (Å²) in [5.41, 5.74) is 4.76. The van der Waals surface area contributed by atoms with Crippen LogP contribution in [-0.4, -0.2) is 44.0 Å². The summed E-state index contributed by atoms with van der Waals surface area (Å²) in [7, 11) is 0. The van der Waals surface area contributed by atoms with Gasteiger partial charge in [-0.2, -0.15) is 0 Å². The molecule has 1 N–H and O–H groups in total. The van der Waals surface area contributed by atoms with Gasteiger partial charge in [-0.1, -0.05) is 25.1 Å². The van der Waals surface area contributed by atoms with Crippen LogP contribution in [-0.2, 0) is 9.53 Å². The molecule has 0 radical (unpaired) electrons. The van der Waals surface area contributed by atoms with Crippen LogP contribution in [0.5, 0.6) is 5.75 Å². The molecule has 0 unspecified atom stereocenters. The lowest BCUT2D eigenvalue weighted by Crippen LogP contribution is -2.27. The number of benzene rings is 2. The third-order valence-corrected chi connectivity index (χ3v) is 5.83. The topological polar surface area (TPSA) is 59.0 Å². The molecule has 0 saturated heterocycles. The number of ether oxygens (including phenoxy) is 2. The minimum atomic E-state index is -0.825. The molecule has 1 aliphatic carbocycles. The minimum absolute atomic E-state index is 0.478. The number of fused-ring (bicyclic) bond motifs is 1. The van der Waals surface area contributed by atoms with E-state index in [1.807, 2.05) is 30.3 Å². The van der Waals surface area contributed by atoms with E-state index in [1.165, 1.54) is 12.8 Å². The van der Waals surface area contributed by atoms with Crippen molar-refractivity contribution in [3.8, 4) is 16.9 Å². The zero-order chi connectivity index (χ0) is 21.6. The molecule has 0 spiro atoms. The molecule has 1 aliphatic heterocycles. The first-order valence-corrected chi connectivity index (χ1v) is 11.3. The van der Waals surface area contributed by atoms with Gasteiger partial charge in [0.15, 0.2) is 0 Å². The Labute approximate surface area is 184 Å². The predicted molar refractivity (Wildman–Crippen MR) is 124 cm³/mol. The zero-order valence-electron chi connectivity index (χ0n) is 18.2. The average molecular weight is 422 g/mol. The lowest BCUT2D eigenvalue weighted by Gasteiger charge is -2.25. The number of rotatable bonds is 10. The van der Waals surface area contributed by atoms with Crippen molar-refractivity contribution in [3.63, 3.8) is 0 Å². The first-order valence-electron chi connectivity index (χ1n) is 11.3. The quantitative estimate of drug-likeness (QED) is 0.531. The molecule has 0 amide bonds. The number of aliphatic carboxylic acids is 1. The normalized spacial score (nSPS) is 15.8. The van der Waals surface area contributed by atoms with E-state index in [9.17, 15) is 9.90 Å². The van der Waals surface area contributed by atoms with Crippen LogP contribution >= 0.6 is 0 Å². The summed E-state index contributed by atoms with van der Waals surface area (Å²) in [5, 5.41) is 9.60. The molecule has 2 aromatic carbocycles. The molecule has 1 saturated carbocycles. The highest BCUT2D eigenvalue weighted by atomic mass is 16.5. The van der Waals surface area contributed by atoms with Crippen LogP contribution in [0.2, 0.25) is 0 Å². The summed E-state index contributed by atoms with van der Waals surface area (Å²) in [6.45, 7) is 5.76. The number of carboxylic acids is 1. The maximum absolute atomic E-state index is 11.7. The summed E-state index contributed by atoms with van der Waals surface area (Å²) < 4.78 is 11.2. The lowest BCUT2D eigenvalue weighted by molar-refractivity contribution is -0.132. The Balaban J connectivity index is 1.51. The van der Waals surface area contributed by atoms with Gasteiger partial charge < -0.3 is 19.5 Å². The fourth-order valence-electron chi connectivity index (χ4n) is 3.95. The van der Waals surface area contributed by atoms with Gasteiger partial charge in [0.2, 0.25) is 0 Å². The van der Waals surface area contributed by atoms with Gasteiger partial charge >= 0.3 is 5.97 Å². The Morgan fingerprint density at radius 3 is 2.55 bits per heavy atom. The Morgan fingerprint density at radius 2 is 1.84 bits per heavy atom. The van der Waals surface area contributed by atoms with Crippen molar-refractivity contribution in [3.05, 3.63) is 53.6 Å². The molecule has 2 aliphatic rings. The summed E-state index contributed by atoms with van der Waals surface area (Å²) >= 11 is 0. The van der Waals surface area contributed by atoms with E-state index < -0.39 is 5.97 Å². The molecule has 5 heteroatoms. The van der Waals surface area contributed by atoms with Crippen molar-refractivity contribution >= 4 is 17.7 Å². The van der Waals surface area contributed by atoms with Gasteiger partial charge in [0.1, 0.15) is 12.4 Å². The van der Waals surface area contributed by atoms with Gasteiger partial charge in [-0.3, -0.25) is 0 Å². The SMILES string of the molecule is CCCOCCOc1ccc(-c2ccc3c(c2)C=C(C(=O)O)CCN3CC2CC2)cc1. The molecule has 0 bridgehead atoms. The van der Waals surface area contributed by atoms with Crippen LogP contribution in [0.3, 0.4) is 0 Å². The van der Waals surface area contributed by atoms with E-state index in [0.29, 0.717) is 25.2 Å². The van der Waals surface area contributed by atoms with Crippen LogP contribution in [0.4, 0.5) is 5.69 Å². The highest BCUT2D eigenvalue weighted by Gasteiger charge is 2.27. The largest absolute Gasteiger partial charge is 0.491 e. The van der Waals surface area contributed by atoms with E-state index in [-0.39, 0.29) is 0 Å². The number of anilines is 1. The van der Waals surface area contributed by atoms with Gasteiger partial charge in [0, 0.05) is 31.0 Å². The second kappa shape index (κ2) is 10.0. The maximum atomic E-state index is 11.7. The summed E-state index contributed by atoms with van der Waals surface area (Å²) in [4.78, 5) is 14.0. The standard InChI is InChI=1S/C26H31NO4/c1-2-13-30-14-15-31-24-8-5-20(6-9-24)21-7-10-25-23(16-21)17-22(26(28)29)11-12-27(25)18-19-3-4-19/h5-10,16-17,19H,2-4,11-15,18H2,1H3,(H,28,29). The van der Waals surface area contributed by atoms with Crippen LogP contribution in [0, 0.1) is 5.92 Å². The van der Waals surface area contributed by atoms with Gasteiger partial charge in [-0.25, -0.2) is 4.79 Å². The Bertz CT molecular complexity index is 931. The minimum Gasteiger partial charge on any atom is -0.491 e. The molecular formula is C26H31NO4. The first kappa shape index (κ1) is 21.4. The lowest BCUT2D eigenvalue weighted by atomic mass is 10.00. The van der Waals surface area contributed by atoms with Crippen LogP contribution in [0.25, 0.3) is 17.2 Å². The second-order valence-corrected chi connectivity index (χ2v) is 8.37. The van der Waals surface area contributed by atoms with Crippen molar-refractivity contribution in [1.82, 2.24) is 0 Å². The molecule has 2 aromatic rings. The fourth-order valence-corrected chi connectivity index (χ4v) is 3.95. The van der Waals surface area contributed by atoms with Crippen LogP contribution in [0.1, 0.15) is 38.2 Å². The molecule has 4 rings (SSSR count). The first-order chi connectivity index (χ1) is 15.1. The summed E-state index contributed by atoms with van der Waals surface area (Å²) in [6, 6.07) is 14.4. The van der Waals surface area contributed by atoms with Crippen LogP contribution < -0.4 is 9.64 Å². The maximum Gasteiger partial charge on any atom is 0.331 e. The smallest absolute Gasteiger partial charge is 0.331 e. The number of hydrogen-bond acceptors (Lipinski definition) is 4. The number of carboxylic acid groups (broad SMARTS) is 1. The monoisotopic (exact) mass is 421 g/mol. The molecule has 31 heavy (non-hydrogen) atoms. The molecule has 0 atom stereocenters. The molecular weight excluding hydrogens is 390 g/mol. The molecule has 0 aromatic heterocycles. The van der Waals surface area contributed by atoms with Crippen molar-refractivity contribution in [2.75, 3.05) is 37.8 Å². The van der Waals surface area contributed by atoms with E-state index in [4.69, 9.17) is 9.47 Å². The fraction of sp³-hybridized carbons (Fsp3) is 0.423. The van der Waals surface area contributed by atoms with E-state index in [1.54, 1.807) is 0 Å². The number of nitrogens with zero attached hydrogens (tertiary/aromatic N) is 1. The van der Waals surface area contributed by atoms with Gasteiger partial charge in [0.25, 0.3) is 0 Å². The van der Waals surface area contributed by atoms with Gasteiger partial charge in [-0.15, -0.1) is 0 Å². The summed E-state index contributed by atoms with van der Waals surface area (Å²) in [5.74, 6) is 0.746. The van der Waals surface area contributed by atoms with Gasteiger partial charge in [-0.05, 0) is 78.6 Å². The average Bonchev–Trinajstić information content (AvgIpc) is 3.61. The van der Waals surface area contributed by atoms with Crippen molar-refractivity contribution < 1.29 is 19.4 Å². The van der Waals surface area contributed by atoms with E-state index in [2.05, 4.69) is 30.0 Å². The van der Waals surface area contributed by atoms with Gasteiger partial charge in [0.05, 0.1) is 6.61 Å². The van der Waals surface area contributed by atoms with Crippen molar-refractivity contribution in [2.24, 2.45) is 5.92 Å².